The van der Waals surface area contributed by atoms with Crippen LogP contribution in [0.4, 0.5) is 5.82 Å². The maximum Gasteiger partial charge on any atom is 0.479 e. The Balaban J connectivity index is 1.34. The fourth-order valence-corrected chi connectivity index (χ4v) is 5.66. The Bertz CT molecular complexity index is 1070. The van der Waals surface area contributed by atoms with E-state index in [1.54, 1.807) is 0 Å². The van der Waals surface area contributed by atoms with Gasteiger partial charge in [0.1, 0.15) is 36.3 Å². The van der Waals surface area contributed by atoms with E-state index in [2.05, 4.69) is 19.3 Å². The zero-order chi connectivity index (χ0) is 23.9. The van der Waals surface area contributed by atoms with Crippen molar-refractivity contribution in [3.05, 3.63) is 12.7 Å². The van der Waals surface area contributed by atoms with Gasteiger partial charge in [-0.1, -0.05) is 0 Å². The normalized spacial score (nSPS) is 35.1. The fourth-order valence-electron chi connectivity index (χ4n) is 3.66. The zero-order valence-corrected chi connectivity index (χ0v) is 18.7. The van der Waals surface area contributed by atoms with E-state index in [1.165, 1.54) is 17.2 Å². The molecule has 16 nitrogen and oxygen atoms in total. The molecular formula is C15H23N5O11P2. The van der Waals surface area contributed by atoms with Gasteiger partial charge in [0, 0.05) is 0 Å². The van der Waals surface area contributed by atoms with Crippen molar-refractivity contribution in [2.24, 2.45) is 0 Å². The molecule has 18 heteroatoms. The molecule has 0 aromatic carbocycles. The van der Waals surface area contributed by atoms with Gasteiger partial charge < -0.3 is 40.3 Å². The van der Waals surface area contributed by atoms with E-state index in [1.807, 2.05) is 0 Å². The van der Waals surface area contributed by atoms with Crippen LogP contribution in [0, 0.1) is 0 Å². The van der Waals surface area contributed by atoms with E-state index in [9.17, 15) is 34.4 Å². The molecule has 0 amide bonds. The van der Waals surface area contributed by atoms with Crippen molar-refractivity contribution in [1.29, 1.82) is 0 Å². The van der Waals surface area contributed by atoms with E-state index in [-0.39, 0.29) is 29.8 Å². The SMILES string of the molecule is Nc1ncnc2c1ncn2C1O[C@H](CO[PH](=O)OP(=O)(O)O[C@H]2CCC(O)[C@H]2O)C(O)C1O. The average molecular weight is 511 g/mol. The summed E-state index contributed by atoms with van der Waals surface area (Å²) >= 11 is 0. The minimum absolute atomic E-state index is 0.0961. The molecule has 2 fully saturated rings. The number of nitrogens with two attached hydrogens (primary N) is 1. The van der Waals surface area contributed by atoms with E-state index in [4.69, 9.17) is 19.5 Å². The molecule has 2 aliphatic rings. The summed E-state index contributed by atoms with van der Waals surface area (Å²) in [5, 5.41) is 39.8. The van der Waals surface area contributed by atoms with Crippen LogP contribution in [0.5, 0.6) is 0 Å². The largest absolute Gasteiger partial charge is 0.479 e. The van der Waals surface area contributed by atoms with Gasteiger partial charge in [-0.15, -0.1) is 0 Å². The number of hydrogen-bond donors (Lipinski definition) is 6. The summed E-state index contributed by atoms with van der Waals surface area (Å²) in [6.45, 7) is -0.568. The first-order valence-electron chi connectivity index (χ1n) is 9.75. The molecule has 2 aromatic rings. The van der Waals surface area contributed by atoms with Crippen LogP contribution < -0.4 is 5.73 Å². The number of aromatic nitrogens is 4. The van der Waals surface area contributed by atoms with Crippen molar-refractivity contribution in [3.63, 3.8) is 0 Å². The number of phosphoric ester groups is 1. The third-order valence-electron chi connectivity index (χ3n) is 5.34. The van der Waals surface area contributed by atoms with Crippen LogP contribution in [0.15, 0.2) is 12.7 Å². The Labute approximate surface area is 186 Å². The van der Waals surface area contributed by atoms with Crippen LogP contribution in [0.1, 0.15) is 19.1 Å². The molecule has 0 spiro atoms. The lowest BCUT2D eigenvalue weighted by molar-refractivity contribution is -0.0479. The van der Waals surface area contributed by atoms with Gasteiger partial charge in [0.25, 0.3) is 0 Å². The molecular weight excluding hydrogens is 488 g/mol. The summed E-state index contributed by atoms with van der Waals surface area (Å²) in [5.74, 6) is 0.109. The quantitative estimate of drug-likeness (QED) is 0.220. The number of nitrogens with zero attached hydrogens (tertiary/aromatic N) is 4. The summed E-state index contributed by atoms with van der Waals surface area (Å²) in [5.41, 5.74) is 6.24. The van der Waals surface area contributed by atoms with E-state index in [0.29, 0.717) is 0 Å². The molecule has 184 valence electrons. The summed E-state index contributed by atoms with van der Waals surface area (Å²) in [7, 11) is -8.51. The Morgan fingerprint density at radius 3 is 2.64 bits per heavy atom. The Morgan fingerprint density at radius 1 is 1.18 bits per heavy atom. The van der Waals surface area contributed by atoms with Crippen LogP contribution in [0.3, 0.4) is 0 Å². The molecule has 0 bridgehead atoms. The van der Waals surface area contributed by atoms with E-state index < -0.39 is 65.5 Å². The highest BCUT2D eigenvalue weighted by molar-refractivity contribution is 7.56. The molecule has 1 aliphatic carbocycles. The monoisotopic (exact) mass is 511 g/mol. The highest BCUT2D eigenvalue weighted by atomic mass is 31.2. The molecule has 1 saturated carbocycles. The number of ether oxygens (including phenoxy) is 1. The molecule has 7 N–H and O–H groups in total. The molecule has 3 heterocycles. The second kappa shape index (κ2) is 9.60. The van der Waals surface area contributed by atoms with Crippen molar-refractivity contribution >= 4 is 33.1 Å². The number of anilines is 1. The maximum absolute atomic E-state index is 12.0. The third-order valence-corrected chi connectivity index (χ3v) is 7.80. The number of hydrogen-bond acceptors (Lipinski definition) is 14. The number of rotatable bonds is 8. The zero-order valence-electron chi connectivity index (χ0n) is 16.8. The second-order valence-corrected chi connectivity index (χ2v) is 10.2. The first-order chi connectivity index (χ1) is 15.6. The number of aliphatic hydroxyl groups is 4. The first-order valence-corrected chi connectivity index (χ1v) is 12.5. The molecule has 1 saturated heterocycles. The number of phosphoric acid groups is 1. The summed E-state index contributed by atoms with van der Waals surface area (Å²) in [4.78, 5) is 21.6. The second-order valence-electron chi connectivity index (χ2n) is 7.53. The number of imidazole rings is 1. The lowest BCUT2D eigenvalue weighted by atomic mass is 10.1. The van der Waals surface area contributed by atoms with Gasteiger partial charge >= 0.3 is 16.1 Å². The molecule has 33 heavy (non-hydrogen) atoms. The molecule has 2 aromatic heterocycles. The highest BCUT2D eigenvalue weighted by Crippen LogP contribution is 2.54. The topological polar surface area (TPSA) is 242 Å². The van der Waals surface area contributed by atoms with Gasteiger partial charge in [0.15, 0.2) is 17.7 Å². The van der Waals surface area contributed by atoms with E-state index in [0.717, 1.165) is 0 Å². The van der Waals surface area contributed by atoms with Crippen molar-refractivity contribution in [2.75, 3.05) is 12.3 Å². The minimum Gasteiger partial charge on any atom is -0.390 e. The van der Waals surface area contributed by atoms with Crippen LogP contribution in [-0.2, 0) is 27.2 Å². The van der Waals surface area contributed by atoms with Gasteiger partial charge in [-0.3, -0.25) is 13.7 Å². The van der Waals surface area contributed by atoms with Crippen LogP contribution in [0.2, 0.25) is 0 Å². The van der Waals surface area contributed by atoms with Crippen molar-refractivity contribution < 1.29 is 52.5 Å². The number of fused-ring (bicyclic) bond motifs is 1. The highest BCUT2D eigenvalue weighted by Gasteiger charge is 2.45. The smallest absolute Gasteiger partial charge is 0.390 e. The van der Waals surface area contributed by atoms with Crippen LogP contribution >= 0.6 is 16.1 Å². The van der Waals surface area contributed by atoms with E-state index >= 15 is 0 Å². The third kappa shape index (κ3) is 5.11. The lowest BCUT2D eigenvalue weighted by Crippen LogP contribution is -2.33. The standard InChI is InChI=1S/C15H23N5O11P2/c16-13-9-14(18-4-17-13)20(5-19-9)15-12(24)11(23)8(29-15)3-28-32(25)31-33(26,27)30-7-2-1-6(21)10(7)22/h4-8,10-12,15,21-24,32H,1-3H2,(H,26,27)(H2,16,17,18)/t6?,7-,8+,10+,11?,12?,15?/m0/s1. The van der Waals surface area contributed by atoms with Gasteiger partial charge in [0.2, 0.25) is 0 Å². The van der Waals surface area contributed by atoms with Crippen molar-refractivity contribution in [1.82, 2.24) is 19.5 Å². The predicted octanol–water partition coefficient (Wildman–Crippen LogP) is -1.55. The molecule has 0 radical (unpaired) electrons. The average Bonchev–Trinajstić information content (AvgIpc) is 3.40. The molecule has 1 aliphatic heterocycles. The fraction of sp³-hybridized carbons (Fsp3) is 0.667. The molecule has 6 unspecified atom stereocenters. The van der Waals surface area contributed by atoms with Crippen LogP contribution in [0.25, 0.3) is 11.2 Å². The summed E-state index contributed by atoms with van der Waals surface area (Å²) in [6.07, 6.45) is -6.20. The minimum atomic E-state index is -4.89. The van der Waals surface area contributed by atoms with Gasteiger partial charge in [-0.05, 0) is 12.8 Å². The van der Waals surface area contributed by atoms with Gasteiger partial charge in [-0.25, -0.2) is 23.8 Å². The maximum atomic E-state index is 12.0. The van der Waals surface area contributed by atoms with Gasteiger partial charge in [-0.2, -0.15) is 0 Å². The Morgan fingerprint density at radius 2 is 1.94 bits per heavy atom. The molecule has 9 atom stereocenters. The van der Waals surface area contributed by atoms with Crippen molar-refractivity contribution in [3.8, 4) is 0 Å². The predicted molar refractivity (Wildman–Crippen MR) is 108 cm³/mol. The Kier molecular flexibility index (Phi) is 7.15. The number of aliphatic hydroxyl groups excluding tert-OH is 4. The molecule has 4 rings (SSSR count). The first kappa shape index (κ1) is 24.6. The van der Waals surface area contributed by atoms with Gasteiger partial charge in [0.05, 0.1) is 25.1 Å². The lowest BCUT2D eigenvalue weighted by Gasteiger charge is -2.20. The summed E-state index contributed by atoms with van der Waals surface area (Å²) in [6, 6.07) is 0. The summed E-state index contributed by atoms with van der Waals surface area (Å²) < 4.78 is 45.0. The van der Waals surface area contributed by atoms with Crippen molar-refractivity contribution in [2.45, 2.75) is 55.7 Å². The number of nitrogen functional groups attached to an aromatic ring is 1. The van der Waals surface area contributed by atoms with Crippen LogP contribution in [-0.4, -0.2) is 88.1 Å². The Hall–Kier alpha value is -1.55.